The summed E-state index contributed by atoms with van der Waals surface area (Å²) in [6, 6.07) is 5.19. The van der Waals surface area contributed by atoms with Crippen LogP contribution in [0.4, 0.5) is 5.69 Å². The number of rotatable bonds is 3. The summed E-state index contributed by atoms with van der Waals surface area (Å²) in [4.78, 5) is 22.8. The molecule has 4 nitrogen and oxygen atoms in total. The number of methoxy groups -OCH3 is 1. The average molecular weight is 300 g/mol. The molecule has 0 aliphatic carbocycles. The molecular weight excluding hydrogens is 286 g/mol. The number of ether oxygens (including phenoxy) is 1. The van der Waals surface area contributed by atoms with Gasteiger partial charge >= 0.3 is 5.97 Å². The summed E-state index contributed by atoms with van der Waals surface area (Å²) in [5.74, 6) is -0.676. The Morgan fingerprint density at radius 1 is 1.41 bits per heavy atom. The Balaban J connectivity index is 3.06. The molecule has 1 aromatic rings. The normalized spacial score (nSPS) is 11.8. The Morgan fingerprint density at radius 2 is 2.06 bits per heavy atom. The second kappa shape index (κ2) is 5.82. The molecule has 0 saturated heterocycles. The number of halogens is 1. The van der Waals surface area contributed by atoms with Crippen LogP contribution in [0.15, 0.2) is 18.2 Å². The molecule has 0 aliphatic rings. The van der Waals surface area contributed by atoms with Crippen molar-refractivity contribution in [2.24, 2.45) is 0 Å². The van der Waals surface area contributed by atoms with E-state index in [9.17, 15) is 9.59 Å². The van der Waals surface area contributed by atoms with Gasteiger partial charge in [0.25, 0.3) is 0 Å². The minimum Gasteiger partial charge on any atom is -0.465 e. The summed E-state index contributed by atoms with van der Waals surface area (Å²) in [5.41, 5.74) is 1.74. The zero-order chi connectivity index (χ0) is 13.0. The molecule has 0 aliphatic heterocycles. The molecule has 5 heteroatoms. The lowest BCUT2D eigenvalue weighted by atomic mass is 10.1. The molecule has 1 aromatic carbocycles. The highest BCUT2D eigenvalue weighted by molar-refractivity contribution is 9.10. The summed E-state index contributed by atoms with van der Waals surface area (Å²) in [6.45, 7) is 3.58. The zero-order valence-corrected chi connectivity index (χ0v) is 11.5. The molecule has 1 amide bonds. The Kier molecular flexibility index (Phi) is 4.69. The van der Waals surface area contributed by atoms with Crippen molar-refractivity contribution in [3.8, 4) is 0 Å². The second-order valence-corrected chi connectivity index (χ2v) is 5.02. The van der Waals surface area contributed by atoms with E-state index in [1.807, 2.05) is 13.0 Å². The number of anilines is 1. The first-order chi connectivity index (χ1) is 7.95. The van der Waals surface area contributed by atoms with Crippen LogP contribution in [0.1, 0.15) is 22.8 Å². The first-order valence-corrected chi connectivity index (χ1v) is 6.01. The number of alkyl halides is 1. The number of carbonyl (C=O) groups excluding carboxylic acids is 2. The van der Waals surface area contributed by atoms with Crippen LogP contribution in [0.3, 0.4) is 0 Å². The fraction of sp³-hybridized carbons (Fsp3) is 0.333. The van der Waals surface area contributed by atoms with Crippen molar-refractivity contribution >= 4 is 33.5 Å². The Bertz CT molecular complexity index is 443. The van der Waals surface area contributed by atoms with Crippen molar-refractivity contribution in [1.29, 1.82) is 0 Å². The molecule has 0 aromatic heterocycles. The van der Waals surface area contributed by atoms with Gasteiger partial charge < -0.3 is 10.1 Å². The lowest BCUT2D eigenvalue weighted by molar-refractivity contribution is -0.115. The van der Waals surface area contributed by atoms with Gasteiger partial charge in [0.2, 0.25) is 5.91 Å². The Morgan fingerprint density at radius 3 is 2.59 bits per heavy atom. The minimum atomic E-state index is -0.466. The van der Waals surface area contributed by atoms with E-state index in [0.717, 1.165) is 5.56 Å². The highest BCUT2D eigenvalue weighted by Gasteiger charge is 2.16. The van der Waals surface area contributed by atoms with Crippen molar-refractivity contribution in [1.82, 2.24) is 0 Å². The van der Waals surface area contributed by atoms with Gasteiger partial charge in [0.15, 0.2) is 0 Å². The van der Waals surface area contributed by atoms with Crippen LogP contribution in [0.25, 0.3) is 0 Å². The number of esters is 1. The van der Waals surface area contributed by atoms with Crippen LogP contribution in [0.2, 0.25) is 0 Å². The van der Waals surface area contributed by atoms with Crippen LogP contribution in [-0.4, -0.2) is 23.8 Å². The van der Waals surface area contributed by atoms with Crippen molar-refractivity contribution in [3.05, 3.63) is 29.3 Å². The molecule has 1 N–H and O–H groups in total. The van der Waals surface area contributed by atoms with Crippen LogP contribution in [-0.2, 0) is 9.53 Å². The number of hydrogen-bond donors (Lipinski definition) is 1. The van der Waals surface area contributed by atoms with E-state index < -0.39 is 5.97 Å². The molecule has 1 unspecified atom stereocenters. The van der Waals surface area contributed by atoms with Gasteiger partial charge in [-0.2, -0.15) is 0 Å². The van der Waals surface area contributed by atoms with Crippen LogP contribution >= 0.6 is 15.9 Å². The zero-order valence-electron chi connectivity index (χ0n) is 9.91. The molecular formula is C12H14BrNO3. The molecule has 1 rings (SSSR count). The maximum absolute atomic E-state index is 11.6. The fourth-order valence-corrected chi connectivity index (χ4v) is 1.39. The molecule has 17 heavy (non-hydrogen) atoms. The topological polar surface area (TPSA) is 55.4 Å². The van der Waals surface area contributed by atoms with Crippen molar-refractivity contribution in [2.45, 2.75) is 18.7 Å². The van der Waals surface area contributed by atoms with E-state index in [1.54, 1.807) is 19.1 Å². The molecule has 0 radical (unpaired) electrons. The first kappa shape index (κ1) is 13.7. The number of nitrogens with one attached hydrogen (secondary N) is 1. The van der Waals surface area contributed by atoms with Crippen LogP contribution < -0.4 is 5.32 Å². The summed E-state index contributed by atoms with van der Waals surface area (Å²) in [7, 11) is 1.31. The molecule has 92 valence electrons. The maximum atomic E-state index is 11.6. The Hall–Kier alpha value is -1.36. The summed E-state index contributed by atoms with van der Waals surface area (Å²) >= 11 is 3.16. The molecule has 0 bridgehead atoms. The van der Waals surface area contributed by atoms with Gasteiger partial charge in [0, 0.05) is 0 Å². The third-order valence-corrected chi connectivity index (χ3v) is 2.62. The van der Waals surface area contributed by atoms with Crippen molar-refractivity contribution < 1.29 is 14.3 Å². The van der Waals surface area contributed by atoms with Gasteiger partial charge in [-0.05, 0) is 26.0 Å². The maximum Gasteiger partial charge on any atom is 0.339 e. The number of benzene rings is 1. The molecule has 0 saturated carbocycles. The summed E-state index contributed by atoms with van der Waals surface area (Å²) in [5, 5.41) is 2.67. The fourth-order valence-electron chi connectivity index (χ4n) is 1.28. The molecule has 0 fully saturated rings. The van der Waals surface area contributed by atoms with E-state index in [4.69, 9.17) is 0 Å². The van der Waals surface area contributed by atoms with Gasteiger partial charge in [-0.15, -0.1) is 0 Å². The van der Waals surface area contributed by atoms with E-state index in [2.05, 4.69) is 26.0 Å². The first-order valence-electron chi connectivity index (χ1n) is 5.09. The van der Waals surface area contributed by atoms with E-state index in [1.165, 1.54) is 7.11 Å². The Labute approximate surface area is 108 Å². The molecule has 0 spiro atoms. The predicted molar refractivity (Wildman–Crippen MR) is 69.5 cm³/mol. The second-order valence-electron chi connectivity index (χ2n) is 3.65. The van der Waals surface area contributed by atoms with Crippen molar-refractivity contribution in [2.75, 3.05) is 12.4 Å². The molecule has 1 atom stereocenters. The quantitative estimate of drug-likeness (QED) is 0.689. The number of aryl methyl sites for hydroxylation is 1. The van der Waals surface area contributed by atoms with Gasteiger partial charge in [-0.25, -0.2) is 4.79 Å². The smallest absolute Gasteiger partial charge is 0.339 e. The summed E-state index contributed by atoms with van der Waals surface area (Å²) in [6.07, 6.45) is 0. The van der Waals surface area contributed by atoms with E-state index >= 15 is 0 Å². The van der Waals surface area contributed by atoms with Gasteiger partial charge in [-0.1, -0.05) is 27.6 Å². The standard InChI is InChI=1S/C12H14BrNO3/c1-7-4-5-10(14-11(15)8(2)13)9(6-7)12(16)17-3/h4-6,8H,1-3H3,(H,14,15). The monoisotopic (exact) mass is 299 g/mol. The highest BCUT2D eigenvalue weighted by Crippen LogP contribution is 2.19. The lowest BCUT2D eigenvalue weighted by Crippen LogP contribution is -2.21. The third-order valence-electron chi connectivity index (χ3n) is 2.20. The van der Waals surface area contributed by atoms with E-state index in [-0.39, 0.29) is 10.7 Å². The van der Waals surface area contributed by atoms with Gasteiger partial charge in [0.05, 0.1) is 23.2 Å². The third kappa shape index (κ3) is 3.56. The largest absolute Gasteiger partial charge is 0.465 e. The van der Waals surface area contributed by atoms with Crippen LogP contribution in [0, 0.1) is 6.92 Å². The average Bonchev–Trinajstić information content (AvgIpc) is 2.30. The highest BCUT2D eigenvalue weighted by atomic mass is 79.9. The number of hydrogen-bond acceptors (Lipinski definition) is 3. The predicted octanol–water partition coefficient (Wildman–Crippen LogP) is 2.50. The number of carbonyl (C=O) groups is 2. The minimum absolute atomic E-state index is 0.209. The molecule has 0 heterocycles. The van der Waals surface area contributed by atoms with Crippen LogP contribution in [0.5, 0.6) is 0 Å². The SMILES string of the molecule is COC(=O)c1cc(C)ccc1NC(=O)C(C)Br. The number of amides is 1. The lowest BCUT2D eigenvalue weighted by Gasteiger charge is -2.11. The van der Waals surface area contributed by atoms with Gasteiger partial charge in [0.1, 0.15) is 0 Å². The summed E-state index contributed by atoms with van der Waals surface area (Å²) < 4.78 is 4.67. The van der Waals surface area contributed by atoms with Crippen molar-refractivity contribution in [3.63, 3.8) is 0 Å². The van der Waals surface area contributed by atoms with Gasteiger partial charge in [-0.3, -0.25) is 4.79 Å². The van der Waals surface area contributed by atoms with E-state index in [0.29, 0.717) is 11.3 Å².